The fraction of sp³-hybridized carbons (Fsp3) is 0.133. The van der Waals surface area contributed by atoms with Gasteiger partial charge in [0, 0.05) is 10.5 Å². The van der Waals surface area contributed by atoms with Gasteiger partial charge < -0.3 is 4.18 Å². The molecular formula is C15H11F3O4S2. The first kappa shape index (κ1) is 18.3. The number of halogens is 3. The molecule has 0 spiro atoms. The normalized spacial score (nSPS) is 12.0. The maximum absolute atomic E-state index is 12.3. The summed E-state index contributed by atoms with van der Waals surface area (Å²) in [5.41, 5.74) is -4.18. The van der Waals surface area contributed by atoms with Crippen LogP contribution in [0.25, 0.3) is 0 Å². The molecule has 0 heterocycles. The third kappa shape index (κ3) is 5.00. The average Bonchev–Trinajstić information content (AvgIpc) is 2.46. The van der Waals surface area contributed by atoms with Crippen molar-refractivity contribution in [2.24, 2.45) is 0 Å². The Hall–Kier alpha value is -2.00. The summed E-state index contributed by atoms with van der Waals surface area (Å²) in [6.45, 7) is 1.32. The number of rotatable bonds is 5. The van der Waals surface area contributed by atoms with E-state index in [9.17, 15) is 26.4 Å². The molecular weight excluding hydrogens is 365 g/mol. The summed E-state index contributed by atoms with van der Waals surface area (Å²) >= 11 is -0.344. The van der Waals surface area contributed by atoms with E-state index in [0.29, 0.717) is 0 Å². The van der Waals surface area contributed by atoms with Crippen LogP contribution in [0.2, 0.25) is 0 Å². The molecule has 4 nitrogen and oxygen atoms in total. The minimum atomic E-state index is -4.45. The van der Waals surface area contributed by atoms with Gasteiger partial charge in [0.15, 0.2) is 5.78 Å². The highest BCUT2D eigenvalue weighted by molar-refractivity contribution is 8.00. The smallest absolute Gasteiger partial charge is 0.379 e. The molecule has 0 amide bonds. The summed E-state index contributed by atoms with van der Waals surface area (Å²) in [6, 6.07) is 9.73. The predicted molar refractivity (Wildman–Crippen MR) is 82.6 cm³/mol. The highest BCUT2D eigenvalue weighted by Gasteiger charge is 2.29. The van der Waals surface area contributed by atoms with Crippen molar-refractivity contribution in [3.63, 3.8) is 0 Å². The Kier molecular flexibility index (Phi) is 5.24. The van der Waals surface area contributed by atoms with Gasteiger partial charge in [-0.05, 0) is 55.1 Å². The first-order chi connectivity index (χ1) is 11.1. The molecule has 0 radical (unpaired) electrons. The molecule has 24 heavy (non-hydrogen) atoms. The van der Waals surface area contributed by atoms with Gasteiger partial charge in [-0.1, -0.05) is 12.1 Å². The van der Waals surface area contributed by atoms with Crippen LogP contribution >= 0.6 is 11.8 Å². The first-order valence-corrected chi connectivity index (χ1v) is 8.71. The lowest BCUT2D eigenvalue weighted by atomic mass is 10.1. The number of carbonyl (C=O) groups is 1. The maximum atomic E-state index is 12.3. The summed E-state index contributed by atoms with van der Waals surface area (Å²) in [7, 11) is -4.22. The highest BCUT2D eigenvalue weighted by Crippen LogP contribution is 2.37. The minimum absolute atomic E-state index is 0.0588. The van der Waals surface area contributed by atoms with Crippen LogP contribution in [0, 0.1) is 0 Å². The lowest BCUT2D eigenvalue weighted by Crippen LogP contribution is -2.10. The van der Waals surface area contributed by atoms with Crippen molar-refractivity contribution < 1.29 is 30.6 Å². The molecule has 0 aromatic heterocycles. The van der Waals surface area contributed by atoms with Crippen molar-refractivity contribution in [1.29, 1.82) is 0 Å². The molecule has 0 aliphatic heterocycles. The van der Waals surface area contributed by atoms with E-state index < -0.39 is 15.6 Å². The van der Waals surface area contributed by atoms with E-state index in [4.69, 9.17) is 4.18 Å². The van der Waals surface area contributed by atoms with Crippen LogP contribution in [0.1, 0.15) is 17.3 Å². The SMILES string of the molecule is CC(=O)c1cccc(OS(=O)(=O)c2ccc(SC(F)(F)F)cc2)c1. The topological polar surface area (TPSA) is 60.4 Å². The van der Waals surface area contributed by atoms with E-state index >= 15 is 0 Å². The maximum Gasteiger partial charge on any atom is 0.446 e. The fourth-order valence-electron chi connectivity index (χ4n) is 1.75. The van der Waals surface area contributed by atoms with Gasteiger partial charge >= 0.3 is 15.6 Å². The molecule has 0 bridgehead atoms. The Morgan fingerprint density at radius 3 is 2.25 bits per heavy atom. The molecule has 0 aliphatic carbocycles. The van der Waals surface area contributed by atoms with Crippen LogP contribution in [0.3, 0.4) is 0 Å². The minimum Gasteiger partial charge on any atom is -0.379 e. The number of hydrogen-bond acceptors (Lipinski definition) is 5. The summed E-state index contributed by atoms with van der Waals surface area (Å²) < 4.78 is 66.0. The quantitative estimate of drug-likeness (QED) is 0.443. The fourth-order valence-corrected chi connectivity index (χ4v) is 3.21. The Labute approximate surface area is 140 Å². The predicted octanol–water partition coefficient (Wildman–Crippen LogP) is 4.27. The van der Waals surface area contributed by atoms with Crippen LogP contribution in [-0.2, 0) is 10.1 Å². The summed E-state index contributed by atoms with van der Waals surface area (Å²) in [5.74, 6) is -0.317. The molecule has 128 valence electrons. The first-order valence-electron chi connectivity index (χ1n) is 6.48. The highest BCUT2D eigenvalue weighted by atomic mass is 32.2. The van der Waals surface area contributed by atoms with Gasteiger partial charge in [0.2, 0.25) is 0 Å². The molecule has 2 aromatic carbocycles. The van der Waals surface area contributed by atoms with E-state index in [1.54, 1.807) is 0 Å². The average molecular weight is 376 g/mol. The van der Waals surface area contributed by atoms with Crippen molar-refractivity contribution in [2.75, 3.05) is 0 Å². The molecule has 0 N–H and O–H groups in total. The van der Waals surface area contributed by atoms with Crippen LogP contribution < -0.4 is 4.18 Å². The molecule has 9 heteroatoms. The number of benzene rings is 2. The van der Waals surface area contributed by atoms with Crippen LogP contribution in [-0.4, -0.2) is 19.7 Å². The summed E-state index contributed by atoms with van der Waals surface area (Å²) in [5, 5.41) is 0. The molecule has 0 atom stereocenters. The molecule has 0 unspecified atom stereocenters. The van der Waals surface area contributed by atoms with E-state index in [0.717, 1.165) is 24.3 Å². The van der Waals surface area contributed by atoms with Crippen molar-refractivity contribution in [1.82, 2.24) is 0 Å². The number of Topliss-reactive ketones (excluding diaryl/α,β-unsaturated/α-hetero) is 1. The van der Waals surface area contributed by atoms with Crippen molar-refractivity contribution in [3.8, 4) is 5.75 Å². The largest absolute Gasteiger partial charge is 0.446 e. The third-order valence-electron chi connectivity index (χ3n) is 2.79. The van der Waals surface area contributed by atoms with E-state index in [1.807, 2.05) is 0 Å². The van der Waals surface area contributed by atoms with Crippen molar-refractivity contribution >= 4 is 27.7 Å². The van der Waals surface area contributed by atoms with Crippen LogP contribution in [0.4, 0.5) is 13.2 Å². The second-order valence-corrected chi connectivity index (χ2v) is 7.33. The number of carbonyl (C=O) groups excluding carboxylic acids is 1. The Morgan fingerprint density at radius 2 is 1.71 bits per heavy atom. The molecule has 0 saturated heterocycles. The molecule has 2 aromatic rings. The summed E-state index contributed by atoms with van der Waals surface area (Å²) in [4.78, 5) is 10.9. The Morgan fingerprint density at radius 1 is 1.08 bits per heavy atom. The van der Waals surface area contributed by atoms with E-state index in [-0.39, 0.29) is 38.6 Å². The summed E-state index contributed by atoms with van der Waals surface area (Å²) in [6.07, 6.45) is 0. The standard InChI is InChI=1S/C15H11F3O4S2/c1-10(19)11-3-2-4-12(9-11)22-24(20,21)14-7-5-13(6-8-14)23-15(16,17)18/h2-9H,1H3. The second kappa shape index (κ2) is 6.86. The zero-order valence-electron chi connectivity index (χ0n) is 12.2. The number of thioether (sulfide) groups is 1. The molecule has 2 rings (SSSR count). The number of ketones is 1. The van der Waals surface area contributed by atoms with Gasteiger partial charge in [0.25, 0.3) is 0 Å². The zero-order chi connectivity index (χ0) is 18.0. The monoisotopic (exact) mass is 376 g/mol. The van der Waals surface area contributed by atoms with Crippen molar-refractivity contribution in [3.05, 3.63) is 54.1 Å². The number of alkyl halides is 3. The Bertz CT molecular complexity index is 844. The number of hydrogen-bond donors (Lipinski definition) is 0. The van der Waals surface area contributed by atoms with Gasteiger partial charge in [-0.3, -0.25) is 4.79 Å². The van der Waals surface area contributed by atoms with Crippen LogP contribution in [0.5, 0.6) is 5.75 Å². The van der Waals surface area contributed by atoms with E-state index in [1.165, 1.54) is 31.2 Å². The molecule has 0 saturated carbocycles. The van der Waals surface area contributed by atoms with Gasteiger partial charge in [-0.15, -0.1) is 0 Å². The zero-order valence-corrected chi connectivity index (χ0v) is 13.8. The van der Waals surface area contributed by atoms with Gasteiger partial charge in [-0.2, -0.15) is 21.6 Å². The third-order valence-corrected chi connectivity index (χ3v) is 4.79. The van der Waals surface area contributed by atoms with E-state index in [2.05, 4.69) is 0 Å². The lowest BCUT2D eigenvalue weighted by molar-refractivity contribution is -0.0328. The Balaban J connectivity index is 2.21. The van der Waals surface area contributed by atoms with Crippen LogP contribution in [0.15, 0.2) is 58.3 Å². The second-order valence-electron chi connectivity index (χ2n) is 4.64. The van der Waals surface area contributed by atoms with Gasteiger partial charge in [0.05, 0.1) is 0 Å². The lowest BCUT2D eigenvalue weighted by Gasteiger charge is -2.09. The van der Waals surface area contributed by atoms with Crippen molar-refractivity contribution in [2.45, 2.75) is 22.2 Å². The molecule has 0 fully saturated rings. The van der Waals surface area contributed by atoms with Gasteiger partial charge in [-0.25, -0.2) is 0 Å². The van der Waals surface area contributed by atoms with Gasteiger partial charge in [0.1, 0.15) is 10.6 Å². The molecule has 0 aliphatic rings.